The molecule has 7 nitrogen and oxygen atoms in total. The lowest BCUT2D eigenvalue weighted by Crippen LogP contribution is -2.43. The first-order chi connectivity index (χ1) is 12.5. The number of aromatic nitrogens is 4. The second-order valence-electron chi connectivity index (χ2n) is 6.94. The molecule has 0 unspecified atom stereocenters. The van der Waals surface area contributed by atoms with E-state index in [1.165, 1.54) is 35.6 Å². The van der Waals surface area contributed by atoms with Gasteiger partial charge in [-0.05, 0) is 33.6 Å². The fourth-order valence-corrected chi connectivity index (χ4v) is 4.02. The lowest BCUT2D eigenvalue weighted by Gasteiger charge is -2.17. The maximum absolute atomic E-state index is 4.74. The van der Waals surface area contributed by atoms with E-state index in [9.17, 15) is 0 Å². The Bertz CT molecular complexity index is 736. The van der Waals surface area contributed by atoms with Crippen LogP contribution in [0.2, 0.25) is 0 Å². The zero-order chi connectivity index (χ0) is 18.5. The van der Waals surface area contributed by atoms with E-state index in [-0.39, 0.29) is 0 Å². The van der Waals surface area contributed by atoms with Gasteiger partial charge in [-0.25, -0.2) is 9.98 Å². The third kappa shape index (κ3) is 4.81. The van der Waals surface area contributed by atoms with Crippen LogP contribution in [-0.2, 0) is 20.0 Å². The molecule has 0 bridgehead atoms. The van der Waals surface area contributed by atoms with Crippen molar-refractivity contribution in [2.75, 3.05) is 6.54 Å². The number of thiazole rings is 1. The van der Waals surface area contributed by atoms with Crippen LogP contribution in [0.15, 0.2) is 4.99 Å². The molecule has 0 saturated heterocycles. The summed E-state index contributed by atoms with van der Waals surface area (Å²) in [7, 11) is 1.98. The van der Waals surface area contributed by atoms with Gasteiger partial charge in [-0.15, -0.1) is 21.5 Å². The van der Waals surface area contributed by atoms with Crippen molar-refractivity contribution in [3.8, 4) is 0 Å². The smallest absolute Gasteiger partial charge is 0.191 e. The molecule has 142 valence electrons. The van der Waals surface area contributed by atoms with Crippen LogP contribution >= 0.6 is 11.3 Å². The summed E-state index contributed by atoms with van der Waals surface area (Å²) >= 11 is 1.78. The molecule has 1 aliphatic rings. The predicted octanol–water partition coefficient (Wildman–Crippen LogP) is 2.42. The fourth-order valence-electron chi connectivity index (χ4n) is 3.09. The molecule has 2 heterocycles. The SMILES string of the molecule is Cc1nc(CCNC(=NCc2nnc(C)n2C)NC2CCCC2)sc1C. The number of nitrogens with one attached hydrogen (secondary N) is 2. The second kappa shape index (κ2) is 8.62. The van der Waals surface area contributed by atoms with Crippen LogP contribution in [0.1, 0.15) is 52.9 Å². The monoisotopic (exact) mass is 375 g/mol. The second-order valence-corrected chi connectivity index (χ2v) is 8.23. The van der Waals surface area contributed by atoms with Crippen LogP contribution in [0.3, 0.4) is 0 Å². The first-order valence-electron chi connectivity index (χ1n) is 9.35. The Balaban J connectivity index is 1.60. The van der Waals surface area contributed by atoms with Crippen molar-refractivity contribution in [2.24, 2.45) is 12.0 Å². The molecule has 2 aromatic rings. The van der Waals surface area contributed by atoms with Crippen molar-refractivity contribution < 1.29 is 0 Å². The normalized spacial score (nSPS) is 15.6. The van der Waals surface area contributed by atoms with Gasteiger partial charge in [-0.1, -0.05) is 12.8 Å². The first-order valence-corrected chi connectivity index (χ1v) is 10.2. The van der Waals surface area contributed by atoms with E-state index in [0.717, 1.165) is 36.3 Å². The van der Waals surface area contributed by atoms with Crippen LogP contribution < -0.4 is 10.6 Å². The van der Waals surface area contributed by atoms with Gasteiger partial charge in [-0.2, -0.15) is 0 Å². The van der Waals surface area contributed by atoms with E-state index in [1.54, 1.807) is 11.3 Å². The van der Waals surface area contributed by atoms with Crippen LogP contribution in [0.25, 0.3) is 0 Å². The number of hydrogen-bond acceptors (Lipinski definition) is 5. The van der Waals surface area contributed by atoms with Crippen molar-refractivity contribution in [1.29, 1.82) is 0 Å². The number of guanidine groups is 1. The first kappa shape index (κ1) is 18.8. The van der Waals surface area contributed by atoms with E-state index in [4.69, 9.17) is 4.99 Å². The van der Waals surface area contributed by atoms with Crippen LogP contribution in [0, 0.1) is 20.8 Å². The summed E-state index contributed by atoms with van der Waals surface area (Å²) in [4.78, 5) is 10.7. The number of aliphatic imine (C=N–C) groups is 1. The molecule has 0 aliphatic heterocycles. The zero-order valence-corrected chi connectivity index (χ0v) is 17.0. The largest absolute Gasteiger partial charge is 0.356 e. The molecule has 0 amide bonds. The molecule has 2 aromatic heterocycles. The number of hydrogen-bond donors (Lipinski definition) is 2. The number of rotatable bonds is 6. The minimum atomic E-state index is 0.520. The molecule has 3 rings (SSSR count). The lowest BCUT2D eigenvalue weighted by atomic mass is 10.2. The topological polar surface area (TPSA) is 80.0 Å². The van der Waals surface area contributed by atoms with Gasteiger partial charge in [0.05, 0.1) is 10.7 Å². The third-order valence-electron chi connectivity index (χ3n) is 4.96. The molecule has 1 saturated carbocycles. The summed E-state index contributed by atoms with van der Waals surface area (Å²) in [5.74, 6) is 2.65. The Hall–Kier alpha value is -1.96. The highest BCUT2D eigenvalue weighted by Gasteiger charge is 2.16. The molecule has 0 aromatic carbocycles. The Morgan fingerprint density at radius 2 is 2.00 bits per heavy atom. The molecule has 0 atom stereocenters. The molecular weight excluding hydrogens is 346 g/mol. The summed E-state index contributed by atoms with van der Waals surface area (Å²) < 4.78 is 1.98. The van der Waals surface area contributed by atoms with Gasteiger partial charge in [0.1, 0.15) is 12.4 Å². The van der Waals surface area contributed by atoms with Crippen LogP contribution in [-0.4, -0.2) is 38.3 Å². The molecule has 1 aliphatic carbocycles. The van der Waals surface area contributed by atoms with Crippen molar-refractivity contribution in [2.45, 2.75) is 65.5 Å². The van der Waals surface area contributed by atoms with Gasteiger partial charge >= 0.3 is 0 Å². The van der Waals surface area contributed by atoms with Crippen molar-refractivity contribution >= 4 is 17.3 Å². The molecule has 0 spiro atoms. The summed E-state index contributed by atoms with van der Waals surface area (Å²) in [6.45, 7) is 7.49. The van der Waals surface area contributed by atoms with E-state index in [2.05, 4.69) is 39.7 Å². The summed E-state index contributed by atoms with van der Waals surface area (Å²) in [5.41, 5.74) is 1.14. The summed E-state index contributed by atoms with van der Waals surface area (Å²) in [6.07, 6.45) is 5.94. The standard InChI is InChI=1S/C18H29N7S/c1-12-13(2)26-17(21-12)9-10-19-18(22-15-7-5-6-8-15)20-11-16-24-23-14(3)25(16)4/h15H,5-11H2,1-4H3,(H2,19,20,22). The van der Waals surface area contributed by atoms with Gasteiger partial charge in [-0.3, -0.25) is 0 Å². The van der Waals surface area contributed by atoms with Gasteiger partial charge in [0.2, 0.25) is 0 Å². The molecule has 2 N–H and O–H groups in total. The Morgan fingerprint density at radius 1 is 1.23 bits per heavy atom. The Morgan fingerprint density at radius 3 is 2.62 bits per heavy atom. The quantitative estimate of drug-likeness (QED) is 0.599. The highest BCUT2D eigenvalue weighted by Crippen LogP contribution is 2.18. The van der Waals surface area contributed by atoms with E-state index in [1.807, 2.05) is 18.5 Å². The average Bonchev–Trinajstić information content (AvgIpc) is 3.31. The van der Waals surface area contributed by atoms with Crippen molar-refractivity contribution in [3.63, 3.8) is 0 Å². The van der Waals surface area contributed by atoms with Crippen molar-refractivity contribution in [3.05, 3.63) is 27.2 Å². The van der Waals surface area contributed by atoms with Crippen LogP contribution in [0.4, 0.5) is 0 Å². The highest BCUT2D eigenvalue weighted by molar-refractivity contribution is 7.11. The molecule has 1 fully saturated rings. The van der Waals surface area contributed by atoms with Crippen LogP contribution in [0.5, 0.6) is 0 Å². The Kier molecular flexibility index (Phi) is 6.24. The van der Waals surface area contributed by atoms with E-state index >= 15 is 0 Å². The maximum atomic E-state index is 4.74. The minimum Gasteiger partial charge on any atom is -0.356 e. The Labute approximate surface area is 159 Å². The van der Waals surface area contributed by atoms with Crippen molar-refractivity contribution in [1.82, 2.24) is 30.4 Å². The summed E-state index contributed by atoms with van der Waals surface area (Å²) in [5, 5.41) is 16.5. The van der Waals surface area contributed by atoms with E-state index < -0.39 is 0 Å². The fraction of sp³-hybridized carbons (Fsp3) is 0.667. The average molecular weight is 376 g/mol. The van der Waals surface area contributed by atoms with Gasteiger partial charge < -0.3 is 15.2 Å². The molecular formula is C18H29N7S. The number of nitrogens with zero attached hydrogens (tertiary/aromatic N) is 5. The van der Waals surface area contributed by atoms with E-state index in [0.29, 0.717) is 12.6 Å². The minimum absolute atomic E-state index is 0.520. The predicted molar refractivity (Wildman–Crippen MR) is 106 cm³/mol. The zero-order valence-electron chi connectivity index (χ0n) is 16.2. The van der Waals surface area contributed by atoms with Gasteiger partial charge in [0, 0.05) is 30.9 Å². The molecule has 26 heavy (non-hydrogen) atoms. The highest BCUT2D eigenvalue weighted by atomic mass is 32.1. The van der Waals surface area contributed by atoms with Gasteiger partial charge in [0.25, 0.3) is 0 Å². The van der Waals surface area contributed by atoms with Gasteiger partial charge in [0.15, 0.2) is 11.8 Å². The molecule has 8 heteroatoms. The lowest BCUT2D eigenvalue weighted by molar-refractivity contribution is 0.610. The molecule has 0 radical (unpaired) electrons. The summed E-state index contributed by atoms with van der Waals surface area (Å²) in [6, 6.07) is 0.520. The maximum Gasteiger partial charge on any atom is 0.191 e. The number of aryl methyl sites for hydroxylation is 3. The third-order valence-corrected chi connectivity index (χ3v) is 6.09.